The molecule has 0 aromatic heterocycles. The standard InChI is InChI=1S/C25H35NO2/c1-25(2,3)24(27)28-17-7-9-18-15(13-17)6-8-20-19(18)10-11-21-22(20)14-16-5-4-12-26-23(16)21/h7,9,13,16,19-23,26H,4-6,8,10-12,14H2,1-3H3. The number of piperidine rings is 1. The van der Waals surface area contributed by atoms with Crippen molar-refractivity contribution in [2.75, 3.05) is 6.54 Å². The fraction of sp³-hybridized carbons (Fsp3) is 0.720. The first-order chi connectivity index (χ1) is 13.4. The molecule has 1 aromatic carbocycles. The van der Waals surface area contributed by atoms with Crippen LogP contribution in [-0.2, 0) is 11.2 Å². The molecule has 6 unspecified atom stereocenters. The first kappa shape index (κ1) is 18.7. The van der Waals surface area contributed by atoms with E-state index in [0.717, 1.165) is 47.8 Å². The number of hydrogen-bond donors (Lipinski definition) is 1. The van der Waals surface area contributed by atoms with E-state index in [0.29, 0.717) is 0 Å². The van der Waals surface area contributed by atoms with Gasteiger partial charge in [-0.05, 0) is 125 Å². The Morgan fingerprint density at radius 3 is 2.75 bits per heavy atom. The summed E-state index contributed by atoms with van der Waals surface area (Å²) >= 11 is 0. The molecule has 3 heteroatoms. The molecule has 0 spiro atoms. The van der Waals surface area contributed by atoms with E-state index in [-0.39, 0.29) is 5.97 Å². The summed E-state index contributed by atoms with van der Waals surface area (Å²) in [5.74, 6) is 4.93. The van der Waals surface area contributed by atoms with Gasteiger partial charge in [-0.1, -0.05) is 6.07 Å². The van der Waals surface area contributed by atoms with E-state index in [4.69, 9.17) is 4.74 Å². The lowest BCUT2D eigenvalue weighted by Crippen LogP contribution is -2.45. The Hall–Kier alpha value is -1.35. The molecule has 0 bridgehead atoms. The number of carbonyl (C=O) groups is 1. The number of esters is 1. The molecule has 3 fully saturated rings. The van der Waals surface area contributed by atoms with E-state index in [2.05, 4.69) is 17.4 Å². The highest BCUT2D eigenvalue weighted by Crippen LogP contribution is 2.57. The summed E-state index contributed by atoms with van der Waals surface area (Å²) in [6.45, 7) is 6.96. The minimum Gasteiger partial charge on any atom is -0.426 e. The number of nitrogens with one attached hydrogen (secondary N) is 1. The lowest BCUT2D eigenvalue weighted by Gasteiger charge is -2.45. The smallest absolute Gasteiger partial charge is 0.316 e. The second kappa shape index (κ2) is 6.86. The van der Waals surface area contributed by atoms with Crippen molar-refractivity contribution in [3.8, 4) is 5.75 Å². The van der Waals surface area contributed by atoms with Gasteiger partial charge < -0.3 is 10.1 Å². The van der Waals surface area contributed by atoms with Crippen LogP contribution >= 0.6 is 0 Å². The Kier molecular flexibility index (Phi) is 4.58. The molecule has 3 aliphatic carbocycles. The van der Waals surface area contributed by atoms with Crippen molar-refractivity contribution in [3.63, 3.8) is 0 Å². The van der Waals surface area contributed by atoms with E-state index in [9.17, 15) is 4.79 Å². The van der Waals surface area contributed by atoms with Gasteiger partial charge >= 0.3 is 5.97 Å². The molecule has 1 aliphatic heterocycles. The third kappa shape index (κ3) is 3.10. The lowest BCUT2D eigenvalue weighted by molar-refractivity contribution is -0.143. The first-order valence-corrected chi connectivity index (χ1v) is 11.5. The van der Waals surface area contributed by atoms with Crippen molar-refractivity contribution in [1.82, 2.24) is 5.32 Å². The highest BCUT2D eigenvalue weighted by molar-refractivity contribution is 5.77. The van der Waals surface area contributed by atoms with E-state index < -0.39 is 5.41 Å². The predicted octanol–water partition coefficient (Wildman–Crippen LogP) is 5.08. The molecule has 0 radical (unpaired) electrons. The van der Waals surface area contributed by atoms with Gasteiger partial charge in [0.25, 0.3) is 0 Å². The highest BCUT2D eigenvalue weighted by Gasteiger charge is 2.51. The molecule has 0 amide bonds. The average Bonchev–Trinajstić information content (AvgIpc) is 3.05. The molecule has 1 saturated heterocycles. The molecule has 1 aromatic rings. The summed E-state index contributed by atoms with van der Waals surface area (Å²) in [5.41, 5.74) is 2.51. The Balaban J connectivity index is 1.35. The van der Waals surface area contributed by atoms with Crippen molar-refractivity contribution in [2.24, 2.45) is 29.1 Å². The third-order valence-electron chi connectivity index (χ3n) is 8.19. The maximum Gasteiger partial charge on any atom is 0.316 e. The van der Waals surface area contributed by atoms with Crippen molar-refractivity contribution < 1.29 is 9.53 Å². The molecule has 2 saturated carbocycles. The first-order valence-electron chi connectivity index (χ1n) is 11.5. The van der Waals surface area contributed by atoms with E-state index in [1.165, 1.54) is 50.6 Å². The van der Waals surface area contributed by atoms with Gasteiger partial charge in [0.2, 0.25) is 0 Å². The van der Waals surface area contributed by atoms with Gasteiger partial charge in [0.1, 0.15) is 5.75 Å². The van der Waals surface area contributed by atoms with Crippen molar-refractivity contribution in [1.29, 1.82) is 0 Å². The number of aryl methyl sites for hydroxylation is 1. The number of hydrogen-bond acceptors (Lipinski definition) is 3. The molecule has 6 atom stereocenters. The van der Waals surface area contributed by atoms with Crippen LogP contribution in [0, 0.1) is 29.1 Å². The minimum absolute atomic E-state index is 0.150. The van der Waals surface area contributed by atoms with Crippen LogP contribution in [0.2, 0.25) is 0 Å². The van der Waals surface area contributed by atoms with Crippen LogP contribution < -0.4 is 10.1 Å². The summed E-state index contributed by atoms with van der Waals surface area (Å²) < 4.78 is 5.67. The Bertz CT molecular complexity index is 764. The molecule has 3 nitrogen and oxygen atoms in total. The van der Waals surface area contributed by atoms with Crippen LogP contribution in [0.15, 0.2) is 18.2 Å². The fourth-order valence-corrected chi connectivity index (χ4v) is 6.91. The third-order valence-corrected chi connectivity index (χ3v) is 8.19. The van der Waals surface area contributed by atoms with E-state index in [1.54, 1.807) is 5.56 Å². The average molecular weight is 382 g/mol. The lowest BCUT2D eigenvalue weighted by atomic mass is 9.60. The summed E-state index contributed by atoms with van der Waals surface area (Å²) in [4.78, 5) is 12.3. The van der Waals surface area contributed by atoms with Gasteiger partial charge in [-0.15, -0.1) is 0 Å². The monoisotopic (exact) mass is 381 g/mol. The van der Waals surface area contributed by atoms with Crippen LogP contribution in [0.25, 0.3) is 0 Å². The number of fused-ring (bicyclic) bond motifs is 7. The maximum atomic E-state index is 12.3. The predicted molar refractivity (Wildman–Crippen MR) is 111 cm³/mol. The summed E-state index contributed by atoms with van der Waals surface area (Å²) in [5, 5.41) is 3.88. The van der Waals surface area contributed by atoms with Gasteiger partial charge in [-0.25, -0.2) is 0 Å². The largest absolute Gasteiger partial charge is 0.426 e. The van der Waals surface area contributed by atoms with Crippen molar-refractivity contribution >= 4 is 5.97 Å². The number of rotatable bonds is 1. The second-order valence-corrected chi connectivity index (χ2v) is 10.8. The van der Waals surface area contributed by atoms with Crippen LogP contribution in [0.3, 0.4) is 0 Å². The number of carbonyl (C=O) groups excluding carboxylic acids is 1. The van der Waals surface area contributed by atoms with E-state index in [1.807, 2.05) is 26.8 Å². The normalized spacial score (nSPS) is 36.7. The van der Waals surface area contributed by atoms with Crippen LogP contribution in [-0.4, -0.2) is 18.6 Å². The van der Waals surface area contributed by atoms with Gasteiger partial charge in [-0.3, -0.25) is 4.79 Å². The quantitative estimate of drug-likeness (QED) is 0.544. The van der Waals surface area contributed by atoms with E-state index >= 15 is 0 Å². The van der Waals surface area contributed by atoms with Crippen LogP contribution in [0.1, 0.15) is 76.3 Å². The maximum absolute atomic E-state index is 12.3. The molecular weight excluding hydrogens is 346 g/mol. The Morgan fingerprint density at radius 1 is 1.07 bits per heavy atom. The van der Waals surface area contributed by atoms with Gasteiger partial charge in [0.15, 0.2) is 0 Å². The summed E-state index contributed by atoms with van der Waals surface area (Å²) in [7, 11) is 0. The molecule has 1 N–H and O–H groups in total. The molecule has 5 rings (SSSR count). The van der Waals surface area contributed by atoms with Gasteiger partial charge in [-0.2, -0.15) is 0 Å². The van der Waals surface area contributed by atoms with Crippen LogP contribution in [0.5, 0.6) is 5.75 Å². The number of benzene rings is 1. The minimum atomic E-state index is -0.466. The second-order valence-electron chi connectivity index (χ2n) is 10.8. The Labute approximate surface area is 169 Å². The highest BCUT2D eigenvalue weighted by atomic mass is 16.5. The van der Waals surface area contributed by atoms with Gasteiger partial charge in [0.05, 0.1) is 5.41 Å². The van der Waals surface area contributed by atoms with Crippen molar-refractivity contribution in [3.05, 3.63) is 29.3 Å². The fourth-order valence-electron chi connectivity index (χ4n) is 6.91. The van der Waals surface area contributed by atoms with Gasteiger partial charge in [0, 0.05) is 6.04 Å². The summed E-state index contributed by atoms with van der Waals surface area (Å²) in [6.07, 6.45) is 9.46. The molecular formula is C25H35NO2. The zero-order valence-corrected chi connectivity index (χ0v) is 17.7. The zero-order chi connectivity index (χ0) is 19.5. The molecule has 1 heterocycles. The molecule has 152 valence electrons. The number of ether oxygens (including phenoxy) is 1. The topological polar surface area (TPSA) is 38.3 Å². The molecule has 28 heavy (non-hydrogen) atoms. The van der Waals surface area contributed by atoms with Crippen molar-refractivity contribution in [2.45, 2.75) is 77.7 Å². The van der Waals surface area contributed by atoms with Crippen LogP contribution in [0.4, 0.5) is 0 Å². The zero-order valence-electron chi connectivity index (χ0n) is 17.7. The summed E-state index contributed by atoms with van der Waals surface area (Å²) in [6, 6.07) is 7.27. The Morgan fingerprint density at radius 2 is 1.93 bits per heavy atom. The SMILES string of the molecule is CC(C)(C)C(=O)Oc1ccc2c(c1)CCC1C2CCC2C1CC1CCCNC12. The molecule has 4 aliphatic rings.